The van der Waals surface area contributed by atoms with Crippen LogP contribution in [-0.2, 0) is 12.8 Å². The van der Waals surface area contributed by atoms with E-state index >= 15 is 0 Å². The van der Waals surface area contributed by atoms with Crippen molar-refractivity contribution in [2.75, 3.05) is 7.11 Å². The first-order chi connectivity index (χ1) is 11.2. The Morgan fingerprint density at radius 1 is 1.13 bits per heavy atom. The Labute approximate surface area is 138 Å². The van der Waals surface area contributed by atoms with Crippen LogP contribution in [0, 0.1) is 5.82 Å². The molecule has 1 heterocycles. The minimum absolute atomic E-state index is 0.224. The third-order valence-electron chi connectivity index (χ3n) is 3.44. The molecule has 0 atom stereocenters. The van der Waals surface area contributed by atoms with Gasteiger partial charge in [0.15, 0.2) is 11.0 Å². The van der Waals surface area contributed by atoms with Crippen LogP contribution in [0.4, 0.5) is 4.39 Å². The summed E-state index contributed by atoms with van der Waals surface area (Å²) in [5, 5.41) is 9.32. The summed E-state index contributed by atoms with van der Waals surface area (Å²) in [4.78, 5) is 0. The molecular formula is C17H16FN3OS. The van der Waals surface area contributed by atoms with Gasteiger partial charge in [0.2, 0.25) is 0 Å². The van der Waals surface area contributed by atoms with Crippen molar-refractivity contribution in [2.24, 2.45) is 7.05 Å². The van der Waals surface area contributed by atoms with E-state index in [9.17, 15) is 4.39 Å². The molecule has 3 aromatic rings. The third-order valence-corrected chi connectivity index (χ3v) is 4.54. The summed E-state index contributed by atoms with van der Waals surface area (Å²) in [6, 6.07) is 14.2. The number of hydrogen-bond acceptors (Lipinski definition) is 4. The Hall–Kier alpha value is -2.34. The SMILES string of the molecule is COc1cccc(-c2nnc(SCc3ccc(F)cc3)n2C)c1. The minimum atomic E-state index is -0.224. The van der Waals surface area contributed by atoms with Crippen molar-refractivity contribution in [3.63, 3.8) is 0 Å². The van der Waals surface area contributed by atoms with E-state index in [4.69, 9.17) is 4.74 Å². The van der Waals surface area contributed by atoms with Crippen molar-refractivity contribution in [3.05, 3.63) is 59.9 Å². The lowest BCUT2D eigenvalue weighted by Crippen LogP contribution is -1.95. The molecule has 0 aliphatic heterocycles. The molecule has 0 spiro atoms. The first kappa shape index (κ1) is 15.6. The maximum absolute atomic E-state index is 12.9. The van der Waals surface area contributed by atoms with Gasteiger partial charge in [-0.15, -0.1) is 10.2 Å². The summed E-state index contributed by atoms with van der Waals surface area (Å²) in [6.07, 6.45) is 0. The Morgan fingerprint density at radius 3 is 2.65 bits per heavy atom. The van der Waals surface area contributed by atoms with Crippen LogP contribution in [0.15, 0.2) is 53.7 Å². The molecular weight excluding hydrogens is 313 g/mol. The van der Waals surface area contributed by atoms with Crippen LogP contribution >= 0.6 is 11.8 Å². The zero-order valence-electron chi connectivity index (χ0n) is 12.9. The fourth-order valence-corrected chi connectivity index (χ4v) is 3.05. The van der Waals surface area contributed by atoms with E-state index in [2.05, 4.69) is 10.2 Å². The molecule has 0 amide bonds. The highest BCUT2D eigenvalue weighted by atomic mass is 32.2. The molecule has 0 saturated heterocycles. The third kappa shape index (κ3) is 3.53. The van der Waals surface area contributed by atoms with Gasteiger partial charge in [-0.05, 0) is 29.8 Å². The summed E-state index contributed by atoms with van der Waals surface area (Å²) < 4.78 is 20.1. The second-order valence-corrected chi connectivity index (χ2v) is 5.95. The molecule has 0 bridgehead atoms. The molecule has 118 valence electrons. The van der Waals surface area contributed by atoms with E-state index in [0.29, 0.717) is 5.75 Å². The molecule has 0 radical (unpaired) electrons. The highest BCUT2D eigenvalue weighted by Crippen LogP contribution is 2.27. The van der Waals surface area contributed by atoms with Gasteiger partial charge in [0.1, 0.15) is 11.6 Å². The van der Waals surface area contributed by atoms with Crippen LogP contribution < -0.4 is 4.74 Å². The second kappa shape index (κ2) is 6.83. The van der Waals surface area contributed by atoms with Gasteiger partial charge in [0.05, 0.1) is 7.11 Å². The van der Waals surface area contributed by atoms with Crippen molar-refractivity contribution >= 4 is 11.8 Å². The average molecular weight is 329 g/mol. The lowest BCUT2D eigenvalue weighted by Gasteiger charge is -2.05. The van der Waals surface area contributed by atoms with Gasteiger partial charge in [0.25, 0.3) is 0 Å². The van der Waals surface area contributed by atoms with E-state index in [1.165, 1.54) is 12.1 Å². The number of halogens is 1. The molecule has 0 saturated carbocycles. The molecule has 0 unspecified atom stereocenters. The zero-order valence-corrected chi connectivity index (χ0v) is 13.7. The number of ether oxygens (including phenoxy) is 1. The predicted octanol–water partition coefficient (Wildman–Crippen LogP) is 3.92. The lowest BCUT2D eigenvalue weighted by atomic mass is 10.2. The van der Waals surface area contributed by atoms with Crippen molar-refractivity contribution in [1.29, 1.82) is 0 Å². The monoisotopic (exact) mass is 329 g/mol. The molecule has 4 nitrogen and oxygen atoms in total. The number of hydrogen-bond donors (Lipinski definition) is 0. The van der Waals surface area contributed by atoms with Gasteiger partial charge in [0, 0.05) is 18.4 Å². The molecule has 6 heteroatoms. The van der Waals surface area contributed by atoms with E-state index in [1.807, 2.05) is 35.9 Å². The largest absolute Gasteiger partial charge is 0.497 e. The molecule has 0 aliphatic rings. The van der Waals surface area contributed by atoms with Crippen molar-refractivity contribution < 1.29 is 9.13 Å². The Morgan fingerprint density at radius 2 is 1.91 bits per heavy atom. The molecule has 2 aromatic carbocycles. The molecule has 0 N–H and O–H groups in total. The van der Waals surface area contributed by atoms with Crippen LogP contribution in [0.5, 0.6) is 5.75 Å². The Balaban J connectivity index is 1.77. The average Bonchev–Trinajstić information content (AvgIpc) is 2.95. The van der Waals surface area contributed by atoms with Gasteiger partial charge < -0.3 is 9.30 Å². The zero-order chi connectivity index (χ0) is 16.2. The number of nitrogens with zero attached hydrogens (tertiary/aromatic N) is 3. The Bertz CT molecular complexity index is 802. The minimum Gasteiger partial charge on any atom is -0.497 e. The van der Waals surface area contributed by atoms with Crippen LogP contribution in [-0.4, -0.2) is 21.9 Å². The van der Waals surface area contributed by atoms with Gasteiger partial charge in [-0.1, -0.05) is 36.0 Å². The van der Waals surface area contributed by atoms with Crippen molar-refractivity contribution in [1.82, 2.24) is 14.8 Å². The standard InChI is InChI=1S/C17H16FN3OS/c1-21-16(13-4-3-5-15(10-13)22-2)19-20-17(21)23-11-12-6-8-14(18)9-7-12/h3-10H,11H2,1-2H3. The summed E-state index contributed by atoms with van der Waals surface area (Å²) >= 11 is 1.57. The van der Waals surface area contributed by atoms with Crippen LogP contribution in [0.3, 0.4) is 0 Å². The smallest absolute Gasteiger partial charge is 0.191 e. The number of thioether (sulfide) groups is 1. The lowest BCUT2D eigenvalue weighted by molar-refractivity contribution is 0.415. The summed E-state index contributed by atoms with van der Waals surface area (Å²) in [5.74, 6) is 2.05. The van der Waals surface area contributed by atoms with E-state index in [-0.39, 0.29) is 5.82 Å². The Kier molecular flexibility index (Phi) is 4.62. The maximum Gasteiger partial charge on any atom is 0.191 e. The van der Waals surface area contributed by atoms with Crippen LogP contribution in [0.25, 0.3) is 11.4 Å². The van der Waals surface area contributed by atoms with Crippen molar-refractivity contribution in [2.45, 2.75) is 10.9 Å². The van der Waals surface area contributed by atoms with Gasteiger partial charge >= 0.3 is 0 Å². The summed E-state index contributed by atoms with van der Waals surface area (Å²) in [6.45, 7) is 0. The van der Waals surface area contributed by atoms with E-state index < -0.39 is 0 Å². The highest BCUT2D eigenvalue weighted by Gasteiger charge is 2.12. The van der Waals surface area contributed by atoms with Gasteiger partial charge in [-0.2, -0.15) is 0 Å². The number of benzene rings is 2. The maximum atomic E-state index is 12.9. The first-order valence-electron chi connectivity index (χ1n) is 7.08. The molecule has 0 aliphatic carbocycles. The topological polar surface area (TPSA) is 39.9 Å². The highest BCUT2D eigenvalue weighted by molar-refractivity contribution is 7.98. The fourth-order valence-electron chi connectivity index (χ4n) is 2.18. The number of methoxy groups -OCH3 is 1. The summed E-state index contributed by atoms with van der Waals surface area (Å²) in [7, 11) is 3.57. The predicted molar refractivity (Wildman–Crippen MR) is 89.0 cm³/mol. The summed E-state index contributed by atoms with van der Waals surface area (Å²) in [5.41, 5.74) is 2.00. The second-order valence-electron chi connectivity index (χ2n) is 5.01. The van der Waals surface area contributed by atoms with Crippen molar-refractivity contribution in [3.8, 4) is 17.1 Å². The number of aromatic nitrogens is 3. The fraction of sp³-hybridized carbons (Fsp3) is 0.176. The molecule has 3 rings (SSSR count). The van der Waals surface area contributed by atoms with Gasteiger partial charge in [-0.25, -0.2) is 4.39 Å². The van der Waals surface area contributed by atoms with Gasteiger partial charge in [-0.3, -0.25) is 0 Å². The van der Waals surface area contributed by atoms with Crippen LogP contribution in [0.1, 0.15) is 5.56 Å². The quantitative estimate of drug-likeness (QED) is 0.665. The van der Waals surface area contributed by atoms with E-state index in [1.54, 1.807) is 31.0 Å². The van der Waals surface area contributed by atoms with Crippen LogP contribution in [0.2, 0.25) is 0 Å². The number of rotatable bonds is 5. The molecule has 0 fully saturated rings. The molecule has 1 aromatic heterocycles. The normalized spacial score (nSPS) is 10.7. The molecule has 23 heavy (non-hydrogen) atoms. The first-order valence-corrected chi connectivity index (χ1v) is 8.07. The van der Waals surface area contributed by atoms with E-state index in [0.717, 1.165) is 27.9 Å².